The van der Waals surface area contributed by atoms with Gasteiger partial charge in [0.1, 0.15) is 11.5 Å². The van der Waals surface area contributed by atoms with E-state index in [-0.39, 0.29) is 17.4 Å². The molecule has 0 spiro atoms. The highest BCUT2D eigenvalue weighted by Gasteiger charge is 2.08. The van der Waals surface area contributed by atoms with Crippen molar-refractivity contribution in [3.8, 4) is 11.5 Å². The monoisotopic (exact) mass is 348 g/mol. The average Bonchev–Trinajstić information content (AvgIpc) is 2.65. The highest BCUT2D eigenvalue weighted by molar-refractivity contribution is 5.94. The minimum atomic E-state index is -0.355. The maximum absolute atomic E-state index is 12.1. The van der Waals surface area contributed by atoms with Gasteiger partial charge in [0.25, 0.3) is 5.91 Å². The van der Waals surface area contributed by atoms with Crippen LogP contribution in [-0.4, -0.2) is 22.3 Å². The van der Waals surface area contributed by atoms with Crippen LogP contribution >= 0.6 is 0 Å². The molecule has 3 aromatic rings. The van der Waals surface area contributed by atoms with E-state index in [0.29, 0.717) is 11.1 Å². The van der Waals surface area contributed by atoms with Crippen molar-refractivity contribution in [2.24, 2.45) is 5.10 Å². The van der Waals surface area contributed by atoms with Crippen LogP contribution in [0.5, 0.6) is 11.5 Å². The molecular weight excluding hydrogens is 330 g/mol. The van der Waals surface area contributed by atoms with Crippen molar-refractivity contribution in [3.63, 3.8) is 0 Å². The van der Waals surface area contributed by atoms with Gasteiger partial charge in [-0.3, -0.25) is 4.79 Å². The molecule has 0 bridgehead atoms. The van der Waals surface area contributed by atoms with Crippen LogP contribution in [-0.2, 0) is 6.54 Å². The van der Waals surface area contributed by atoms with Crippen molar-refractivity contribution in [2.75, 3.05) is 0 Å². The summed E-state index contributed by atoms with van der Waals surface area (Å²) in [6, 6.07) is 17.6. The maximum atomic E-state index is 12.1. The Morgan fingerprint density at radius 1 is 1.04 bits per heavy atom. The number of carbonyl (C=O) groups is 1. The molecule has 0 radical (unpaired) electrons. The summed E-state index contributed by atoms with van der Waals surface area (Å²) in [6.45, 7) is 0.723. The molecule has 6 heteroatoms. The van der Waals surface area contributed by atoms with Crippen LogP contribution in [0, 0.1) is 0 Å². The lowest BCUT2D eigenvalue weighted by molar-refractivity contribution is -0.688. The minimum Gasteiger partial charge on any atom is -0.508 e. The summed E-state index contributed by atoms with van der Waals surface area (Å²) in [5, 5.41) is 22.7. The maximum Gasteiger partial charge on any atom is 0.271 e. The van der Waals surface area contributed by atoms with Crippen molar-refractivity contribution in [3.05, 3.63) is 89.7 Å². The van der Waals surface area contributed by atoms with Crippen LogP contribution < -0.4 is 9.99 Å². The molecule has 0 atom stereocenters. The fourth-order valence-electron chi connectivity index (χ4n) is 2.37. The number of aromatic hydroxyl groups is 2. The molecule has 3 rings (SSSR count). The van der Waals surface area contributed by atoms with E-state index >= 15 is 0 Å². The number of hydrogen-bond donors (Lipinski definition) is 3. The summed E-state index contributed by atoms with van der Waals surface area (Å²) in [5.41, 5.74) is 4.44. The second-order valence-electron chi connectivity index (χ2n) is 5.69. The molecule has 0 aliphatic heterocycles. The lowest BCUT2D eigenvalue weighted by Crippen LogP contribution is -2.33. The summed E-state index contributed by atoms with van der Waals surface area (Å²) in [4.78, 5) is 12.1. The van der Waals surface area contributed by atoms with Crippen molar-refractivity contribution < 1.29 is 19.6 Å². The van der Waals surface area contributed by atoms with Gasteiger partial charge in [-0.15, -0.1) is 0 Å². The first-order valence-electron chi connectivity index (χ1n) is 8.00. The van der Waals surface area contributed by atoms with Crippen molar-refractivity contribution in [1.29, 1.82) is 0 Å². The van der Waals surface area contributed by atoms with Gasteiger partial charge in [0.2, 0.25) is 0 Å². The fraction of sp³-hybridized carbons (Fsp3) is 0.0500. The second-order valence-corrected chi connectivity index (χ2v) is 5.69. The van der Waals surface area contributed by atoms with Gasteiger partial charge in [0, 0.05) is 29.3 Å². The van der Waals surface area contributed by atoms with Crippen LogP contribution in [0.2, 0.25) is 0 Å². The fourth-order valence-corrected chi connectivity index (χ4v) is 2.37. The molecule has 1 amide bonds. The summed E-state index contributed by atoms with van der Waals surface area (Å²) in [6.07, 6.45) is 4.97. The van der Waals surface area contributed by atoms with E-state index < -0.39 is 0 Å². The number of pyridine rings is 1. The van der Waals surface area contributed by atoms with Gasteiger partial charge in [0.05, 0.1) is 11.8 Å². The van der Waals surface area contributed by atoms with E-state index in [9.17, 15) is 15.0 Å². The first kappa shape index (κ1) is 17.2. The molecule has 6 nitrogen and oxygen atoms in total. The van der Waals surface area contributed by atoms with Gasteiger partial charge in [-0.25, -0.2) is 9.99 Å². The highest BCUT2D eigenvalue weighted by Crippen LogP contribution is 2.20. The molecule has 1 aromatic heterocycles. The Bertz CT molecular complexity index is 923. The molecule has 2 aromatic carbocycles. The molecule has 3 N–H and O–H groups in total. The smallest absolute Gasteiger partial charge is 0.271 e. The zero-order valence-corrected chi connectivity index (χ0v) is 13.9. The van der Waals surface area contributed by atoms with Gasteiger partial charge in [-0.05, 0) is 12.1 Å². The Kier molecular flexibility index (Phi) is 5.24. The zero-order chi connectivity index (χ0) is 18.4. The number of amides is 1. The SMILES string of the molecule is O=C(N/N=C/c1ccc(O)cc1O)c1cc[n+](Cc2ccccc2)cc1. The molecule has 1 heterocycles. The Labute approximate surface area is 150 Å². The Hall–Kier alpha value is -3.67. The third kappa shape index (κ3) is 4.45. The van der Waals surface area contributed by atoms with Crippen LogP contribution in [0.4, 0.5) is 0 Å². The molecular formula is C20H18N3O3+. The molecule has 26 heavy (non-hydrogen) atoms. The normalized spacial score (nSPS) is 10.8. The van der Waals surface area contributed by atoms with Crippen molar-refractivity contribution in [2.45, 2.75) is 6.54 Å². The van der Waals surface area contributed by atoms with E-state index in [0.717, 1.165) is 6.54 Å². The number of carbonyl (C=O) groups excluding carboxylic acids is 1. The van der Waals surface area contributed by atoms with Crippen LogP contribution in [0.1, 0.15) is 21.5 Å². The quantitative estimate of drug-likeness (QED) is 0.375. The van der Waals surface area contributed by atoms with Crippen molar-refractivity contribution in [1.82, 2.24) is 5.43 Å². The number of benzene rings is 2. The zero-order valence-electron chi connectivity index (χ0n) is 13.9. The van der Waals surface area contributed by atoms with E-state index in [4.69, 9.17) is 0 Å². The van der Waals surface area contributed by atoms with Gasteiger partial charge < -0.3 is 10.2 Å². The lowest BCUT2D eigenvalue weighted by Gasteiger charge is -2.01. The number of phenols is 2. The minimum absolute atomic E-state index is 0.0446. The standard InChI is InChI=1S/C20H17N3O3/c24-18-7-6-17(19(25)12-18)13-21-22-20(26)16-8-10-23(11-9-16)14-15-4-2-1-3-5-15/h1-13H,14H2,(H2,24,25,26)/p+1. The van der Waals surface area contributed by atoms with Crippen molar-refractivity contribution >= 4 is 12.1 Å². The number of nitrogens with zero attached hydrogens (tertiary/aromatic N) is 2. The van der Waals surface area contributed by atoms with E-state index in [2.05, 4.69) is 10.5 Å². The molecule has 0 aliphatic rings. The number of nitrogens with one attached hydrogen (secondary N) is 1. The van der Waals surface area contributed by atoms with Gasteiger partial charge in [-0.1, -0.05) is 30.3 Å². The topological polar surface area (TPSA) is 85.8 Å². The molecule has 0 unspecified atom stereocenters. The summed E-state index contributed by atoms with van der Waals surface area (Å²) >= 11 is 0. The van der Waals surface area contributed by atoms with E-state index in [1.165, 1.54) is 30.0 Å². The van der Waals surface area contributed by atoms with Crippen LogP contribution in [0.3, 0.4) is 0 Å². The molecule has 0 saturated heterocycles. The molecule has 130 valence electrons. The second kappa shape index (κ2) is 7.94. The predicted molar refractivity (Wildman–Crippen MR) is 97.0 cm³/mol. The third-order valence-corrected chi connectivity index (χ3v) is 3.75. The Morgan fingerprint density at radius 3 is 2.46 bits per heavy atom. The summed E-state index contributed by atoms with van der Waals surface area (Å²) in [7, 11) is 0. The predicted octanol–water partition coefficient (Wildman–Crippen LogP) is 2.20. The molecule has 0 saturated carbocycles. The first-order valence-corrected chi connectivity index (χ1v) is 8.00. The van der Waals surface area contributed by atoms with E-state index in [1.54, 1.807) is 12.1 Å². The van der Waals surface area contributed by atoms with Crippen LogP contribution in [0.25, 0.3) is 0 Å². The lowest BCUT2D eigenvalue weighted by atomic mass is 10.2. The number of hydrogen-bond acceptors (Lipinski definition) is 4. The highest BCUT2D eigenvalue weighted by atomic mass is 16.3. The van der Waals surface area contributed by atoms with Gasteiger partial charge in [-0.2, -0.15) is 5.10 Å². The molecule has 0 aliphatic carbocycles. The Morgan fingerprint density at radius 2 is 1.77 bits per heavy atom. The van der Waals surface area contributed by atoms with Gasteiger partial charge in [0.15, 0.2) is 18.9 Å². The summed E-state index contributed by atoms with van der Waals surface area (Å²) < 4.78 is 1.98. The largest absolute Gasteiger partial charge is 0.508 e. The number of phenolic OH excluding ortho intramolecular Hbond substituents is 2. The number of rotatable bonds is 5. The average molecular weight is 348 g/mol. The first-order chi connectivity index (χ1) is 12.6. The van der Waals surface area contributed by atoms with Gasteiger partial charge >= 0.3 is 0 Å². The van der Waals surface area contributed by atoms with Crippen LogP contribution in [0.15, 0.2) is 78.2 Å². The Balaban J connectivity index is 1.60. The number of hydrazone groups is 1. The number of aromatic nitrogens is 1. The molecule has 0 fully saturated rings. The third-order valence-electron chi connectivity index (χ3n) is 3.75. The summed E-state index contributed by atoms with van der Waals surface area (Å²) in [5.74, 6) is -0.521. The van der Waals surface area contributed by atoms with E-state index in [1.807, 2.05) is 47.3 Å².